The zero-order valence-corrected chi connectivity index (χ0v) is 7.40. The predicted molar refractivity (Wildman–Crippen MR) is 51.5 cm³/mol. The third kappa shape index (κ3) is 3.51. The molecule has 3 heteroatoms. The zero-order valence-electron chi connectivity index (χ0n) is 7.40. The van der Waals surface area contributed by atoms with Crippen molar-refractivity contribution in [2.24, 2.45) is 4.99 Å². The molecule has 0 heterocycles. The van der Waals surface area contributed by atoms with Crippen molar-refractivity contribution >= 4 is 17.4 Å². The van der Waals surface area contributed by atoms with Crippen LogP contribution in [0.5, 0.6) is 0 Å². The van der Waals surface area contributed by atoms with Gasteiger partial charge in [-0.05, 0) is 19.1 Å². The first kappa shape index (κ1) is 9.45. The second-order valence-corrected chi connectivity index (χ2v) is 2.75. The fraction of sp³-hybridized carbons (Fsp3) is 0.200. The van der Waals surface area contributed by atoms with Crippen molar-refractivity contribution in [3.63, 3.8) is 0 Å². The van der Waals surface area contributed by atoms with Crippen LogP contribution in [0.25, 0.3) is 0 Å². The maximum absolute atomic E-state index is 10.3. The molecule has 0 atom stereocenters. The van der Waals surface area contributed by atoms with Gasteiger partial charge in [0.15, 0.2) is 0 Å². The molecular formula is C10H11NO2. The molecule has 0 bridgehead atoms. The number of aliphatic carboxylic acids is 1. The molecule has 0 fully saturated rings. The van der Waals surface area contributed by atoms with Crippen LogP contribution in [0.4, 0.5) is 5.69 Å². The van der Waals surface area contributed by atoms with Crippen molar-refractivity contribution in [2.45, 2.75) is 13.3 Å². The molecule has 0 aliphatic carbocycles. The number of aliphatic imine (C=N–C) groups is 1. The molecule has 0 saturated carbocycles. The Kier molecular flexibility index (Phi) is 3.20. The Hall–Kier alpha value is -1.64. The number of carboxylic acids is 1. The monoisotopic (exact) mass is 177 g/mol. The van der Waals surface area contributed by atoms with Gasteiger partial charge in [0.25, 0.3) is 0 Å². The van der Waals surface area contributed by atoms with E-state index < -0.39 is 5.97 Å². The summed E-state index contributed by atoms with van der Waals surface area (Å²) in [5.41, 5.74) is 1.40. The summed E-state index contributed by atoms with van der Waals surface area (Å²) < 4.78 is 0. The van der Waals surface area contributed by atoms with Crippen LogP contribution in [-0.4, -0.2) is 16.8 Å². The number of nitrogens with zero attached hydrogens (tertiary/aromatic N) is 1. The lowest BCUT2D eigenvalue weighted by Gasteiger charge is -1.96. The highest BCUT2D eigenvalue weighted by Gasteiger charge is 1.99. The van der Waals surface area contributed by atoms with E-state index in [9.17, 15) is 4.79 Å². The lowest BCUT2D eigenvalue weighted by molar-refractivity contribution is -0.135. The Morgan fingerprint density at radius 3 is 2.54 bits per heavy atom. The molecule has 13 heavy (non-hydrogen) atoms. The maximum Gasteiger partial charge on any atom is 0.309 e. The van der Waals surface area contributed by atoms with Crippen molar-refractivity contribution in [2.75, 3.05) is 0 Å². The van der Waals surface area contributed by atoms with E-state index in [1.165, 1.54) is 0 Å². The number of carbonyl (C=O) groups is 1. The molecule has 0 aliphatic heterocycles. The molecule has 3 nitrogen and oxygen atoms in total. The van der Waals surface area contributed by atoms with Crippen molar-refractivity contribution < 1.29 is 9.90 Å². The minimum atomic E-state index is -0.850. The smallest absolute Gasteiger partial charge is 0.309 e. The largest absolute Gasteiger partial charge is 0.481 e. The summed E-state index contributed by atoms with van der Waals surface area (Å²) in [6.45, 7) is 1.71. The fourth-order valence-corrected chi connectivity index (χ4v) is 0.981. The second-order valence-electron chi connectivity index (χ2n) is 2.75. The topological polar surface area (TPSA) is 49.7 Å². The van der Waals surface area contributed by atoms with Crippen molar-refractivity contribution in [3.05, 3.63) is 30.3 Å². The molecule has 0 unspecified atom stereocenters. The predicted octanol–water partition coefficient (Wildman–Crippen LogP) is 2.25. The van der Waals surface area contributed by atoms with E-state index in [1.807, 2.05) is 30.3 Å². The van der Waals surface area contributed by atoms with Crippen LogP contribution in [0.3, 0.4) is 0 Å². The van der Waals surface area contributed by atoms with E-state index in [1.54, 1.807) is 6.92 Å². The lowest BCUT2D eigenvalue weighted by atomic mass is 10.3. The van der Waals surface area contributed by atoms with E-state index in [4.69, 9.17) is 5.11 Å². The third-order valence-electron chi connectivity index (χ3n) is 1.48. The van der Waals surface area contributed by atoms with E-state index in [0.717, 1.165) is 5.69 Å². The van der Waals surface area contributed by atoms with Crippen LogP contribution < -0.4 is 0 Å². The number of para-hydroxylation sites is 1. The van der Waals surface area contributed by atoms with E-state index >= 15 is 0 Å². The summed E-state index contributed by atoms with van der Waals surface area (Å²) >= 11 is 0. The summed E-state index contributed by atoms with van der Waals surface area (Å²) in [6, 6.07) is 9.31. The summed E-state index contributed by atoms with van der Waals surface area (Å²) in [6.07, 6.45) is -0.00507. The highest BCUT2D eigenvalue weighted by atomic mass is 16.4. The van der Waals surface area contributed by atoms with E-state index in [2.05, 4.69) is 4.99 Å². The van der Waals surface area contributed by atoms with Gasteiger partial charge in [0.1, 0.15) is 0 Å². The molecule has 1 aromatic rings. The molecule has 1 N–H and O–H groups in total. The van der Waals surface area contributed by atoms with Crippen molar-refractivity contribution in [3.8, 4) is 0 Å². The Morgan fingerprint density at radius 2 is 2.00 bits per heavy atom. The number of hydrogen-bond acceptors (Lipinski definition) is 2. The van der Waals surface area contributed by atoms with Gasteiger partial charge < -0.3 is 5.11 Å². The lowest BCUT2D eigenvalue weighted by Crippen LogP contribution is -2.01. The molecular weight excluding hydrogens is 166 g/mol. The minimum Gasteiger partial charge on any atom is -0.481 e. The minimum absolute atomic E-state index is 0.00507. The van der Waals surface area contributed by atoms with Gasteiger partial charge in [-0.1, -0.05) is 18.2 Å². The van der Waals surface area contributed by atoms with Gasteiger partial charge in [-0.15, -0.1) is 0 Å². The van der Waals surface area contributed by atoms with Gasteiger partial charge in [0, 0.05) is 5.71 Å². The number of rotatable bonds is 3. The highest BCUT2D eigenvalue weighted by Crippen LogP contribution is 2.10. The van der Waals surface area contributed by atoms with Crippen LogP contribution in [0.15, 0.2) is 35.3 Å². The SMILES string of the molecule is C/C(CC(=O)O)=N/c1ccccc1. The molecule has 68 valence electrons. The quantitative estimate of drug-likeness (QED) is 0.720. The van der Waals surface area contributed by atoms with Crippen LogP contribution in [0, 0.1) is 0 Å². The van der Waals surface area contributed by atoms with E-state index in [-0.39, 0.29) is 6.42 Å². The van der Waals surface area contributed by atoms with Gasteiger partial charge >= 0.3 is 5.97 Å². The molecule has 0 saturated heterocycles. The molecule has 1 aromatic carbocycles. The van der Waals surface area contributed by atoms with Gasteiger partial charge in [-0.25, -0.2) is 0 Å². The molecule has 1 rings (SSSR count). The summed E-state index contributed by atoms with van der Waals surface area (Å²) in [5, 5.41) is 8.48. The summed E-state index contributed by atoms with van der Waals surface area (Å²) in [7, 11) is 0. The first-order valence-corrected chi connectivity index (χ1v) is 3.99. The number of benzene rings is 1. The Morgan fingerprint density at radius 1 is 1.38 bits per heavy atom. The normalized spacial score (nSPS) is 11.3. The average molecular weight is 177 g/mol. The molecule has 0 spiro atoms. The van der Waals surface area contributed by atoms with Crippen LogP contribution in [0.1, 0.15) is 13.3 Å². The van der Waals surface area contributed by atoms with Gasteiger partial charge in [0.2, 0.25) is 0 Å². The molecule has 0 amide bonds. The average Bonchev–Trinajstić information content (AvgIpc) is 2.04. The van der Waals surface area contributed by atoms with Crippen molar-refractivity contribution in [1.29, 1.82) is 0 Å². The molecule has 0 aliphatic rings. The number of hydrogen-bond donors (Lipinski definition) is 1. The van der Waals surface area contributed by atoms with E-state index in [0.29, 0.717) is 5.71 Å². The second kappa shape index (κ2) is 4.40. The Balaban J connectivity index is 2.71. The van der Waals surface area contributed by atoms with Gasteiger partial charge in [-0.2, -0.15) is 0 Å². The zero-order chi connectivity index (χ0) is 9.68. The highest BCUT2D eigenvalue weighted by molar-refractivity contribution is 5.97. The summed E-state index contributed by atoms with van der Waals surface area (Å²) in [4.78, 5) is 14.5. The fourth-order valence-electron chi connectivity index (χ4n) is 0.981. The molecule has 0 aromatic heterocycles. The molecule has 0 radical (unpaired) electrons. The van der Waals surface area contributed by atoms with Gasteiger partial charge in [-0.3, -0.25) is 9.79 Å². The Bertz CT molecular complexity index is 317. The first-order valence-electron chi connectivity index (χ1n) is 3.99. The van der Waals surface area contributed by atoms with Crippen LogP contribution in [0.2, 0.25) is 0 Å². The standard InChI is InChI=1S/C10H11NO2/c1-8(7-10(12)13)11-9-5-3-2-4-6-9/h2-6H,7H2,1H3,(H,12,13)/b11-8-. The Labute approximate surface area is 76.7 Å². The first-order chi connectivity index (χ1) is 6.18. The maximum atomic E-state index is 10.3. The summed E-state index contributed by atoms with van der Waals surface area (Å²) in [5.74, 6) is -0.850. The van der Waals surface area contributed by atoms with Crippen LogP contribution in [-0.2, 0) is 4.79 Å². The van der Waals surface area contributed by atoms with Crippen molar-refractivity contribution in [1.82, 2.24) is 0 Å². The number of carboxylic acid groups (broad SMARTS) is 1. The van der Waals surface area contributed by atoms with Gasteiger partial charge in [0.05, 0.1) is 12.1 Å². The third-order valence-corrected chi connectivity index (χ3v) is 1.48. The van der Waals surface area contributed by atoms with Crippen LogP contribution >= 0.6 is 0 Å².